The molecule has 0 bridgehead atoms. The second kappa shape index (κ2) is 5.45. The van der Waals surface area contributed by atoms with Crippen LogP contribution in [0.3, 0.4) is 0 Å². The molecule has 1 heterocycles. The predicted molar refractivity (Wildman–Crippen MR) is 58.6 cm³/mol. The van der Waals surface area contributed by atoms with Crippen molar-refractivity contribution >= 4 is 23.4 Å². The van der Waals surface area contributed by atoms with E-state index in [9.17, 15) is 14.9 Å². The molecule has 1 aromatic rings. The molecule has 0 radical (unpaired) electrons. The van der Waals surface area contributed by atoms with Gasteiger partial charge in [0.25, 0.3) is 5.69 Å². The minimum absolute atomic E-state index is 0.0444. The Labute approximate surface area is 95.8 Å². The number of carboxylic acid groups (broad SMARTS) is 1. The smallest absolute Gasteiger partial charge is 0.304 e. The van der Waals surface area contributed by atoms with E-state index in [0.717, 1.165) is 0 Å². The first-order valence-corrected chi connectivity index (χ1v) is 5.45. The monoisotopic (exact) mass is 242 g/mol. The van der Waals surface area contributed by atoms with Crippen LogP contribution in [0.15, 0.2) is 17.3 Å². The summed E-state index contributed by atoms with van der Waals surface area (Å²) in [5.41, 5.74) is 0.629. The summed E-state index contributed by atoms with van der Waals surface area (Å²) < 4.78 is 0. The van der Waals surface area contributed by atoms with Crippen molar-refractivity contribution in [1.29, 1.82) is 0 Å². The highest BCUT2D eigenvalue weighted by Gasteiger charge is 2.10. The van der Waals surface area contributed by atoms with Gasteiger partial charge in [-0.15, -0.1) is 11.8 Å². The van der Waals surface area contributed by atoms with Gasteiger partial charge in [0.1, 0.15) is 6.20 Å². The normalized spacial score (nSPS) is 10.1. The van der Waals surface area contributed by atoms with Gasteiger partial charge < -0.3 is 5.11 Å². The van der Waals surface area contributed by atoms with E-state index in [1.165, 1.54) is 24.0 Å². The molecule has 0 spiro atoms. The van der Waals surface area contributed by atoms with Gasteiger partial charge in [-0.1, -0.05) is 0 Å². The zero-order chi connectivity index (χ0) is 12.1. The maximum atomic E-state index is 10.4. The van der Waals surface area contributed by atoms with Crippen LogP contribution in [0.5, 0.6) is 0 Å². The van der Waals surface area contributed by atoms with Crippen molar-refractivity contribution in [2.24, 2.45) is 0 Å². The second-order valence-corrected chi connectivity index (χ2v) is 4.15. The molecule has 0 atom stereocenters. The number of carbonyl (C=O) groups is 1. The van der Waals surface area contributed by atoms with Gasteiger partial charge in [-0.3, -0.25) is 14.9 Å². The minimum Gasteiger partial charge on any atom is -0.481 e. The van der Waals surface area contributed by atoms with Crippen LogP contribution >= 0.6 is 11.8 Å². The number of thioether (sulfide) groups is 1. The van der Waals surface area contributed by atoms with E-state index >= 15 is 0 Å². The Hall–Kier alpha value is -1.63. The fourth-order valence-corrected chi connectivity index (χ4v) is 1.92. The van der Waals surface area contributed by atoms with Crippen molar-refractivity contribution in [1.82, 2.24) is 4.98 Å². The molecule has 16 heavy (non-hydrogen) atoms. The maximum Gasteiger partial charge on any atom is 0.304 e. The Morgan fingerprint density at radius 3 is 2.88 bits per heavy atom. The minimum atomic E-state index is -0.868. The van der Waals surface area contributed by atoms with Crippen LogP contribution in [0, 0.1) is 17.0 Å². The van der Waals surface area contributed by atoms with Crippen LogP contribution in [0.25, 0.3) is 0 Å². The Bertz CT molecular complexity index is 422. The van der Waals surface area contributed by atoms with E-state index in [2.05, 4.69) is 4.98 Å². The molecule has 7 heteroatoms. The summed E-state index contributed by atoms with van der Waals surface area (Å²) in [6, 6.07) is 1.43. The molecule has 0 amide bonds. The number of carboxylic acids is 1. The highest BCUT2D eigenvalue weighted by atomic mass is 32.2. The van der Waals surface area contributed by atoms with E-state index in [1.54, 1.807) is 6.92 Å². The van der Waals surface area contributed by atoms with Crippen molar-refractivity contribution in [2.45, 2.75) is 18.4 Å². The zero-order valence-electron chi connectivity index (χ0n) is 8.54. The predicted octanol–water partition coefficient (Wildman–Crippen LogP) is 1.87. The molecule has 86 valence electrons. The fourth-order valence-electron chi connectivity index (χ4n) is 1.03. The van der Waals surface area contributed by atoms with Gasteiger partial charge in [0.2, 0.25) is 0 Å². The Kier molecular flexibility index (Phi) is 4.24. The number of hydrogen-bond acceptors (Lipinski definition) is 5. The fraction of sp³-hybridized carbons (Fsp3) is 0.333. The molecule has 0 unspecified atom stereocenters. The van der Waals surface area contributed by atoms with Crippen LogP contribution in [0.4, 0.5) is 5.69 Å². The van der Waals surface area contributed by atoms with Crippen molar-refractivity contribution in [3.63, 3.8) is 0 Å². The third-order valence-corrected chi connectivity index (χ3v) is 2.89. The number of pyridine rings is 1. The molecular formula is C9H10N2O4S. The van der Waals surface area contributed by atoms with Crippen LogP contribution in [0.2, 0.25) is 0 Å². The summed E-state index contributed by atoms with van der Waals surface area (Å²) in [5.74, 6) is -0.465. The highest BCUT2D eigenvalue weighted by Crippen LogP contribution is 2.23. The molecule has 1 N–H and O–H groups in total. The quantitative estimate of drug-likeness (QED) is 0.481. The van der Waals surface area contributed by atoms with E-state index in [1.807, 2.05) is 0 Å². The van der Waals surface area contributed by atoms with Crippen molar-refractivity contribution < 1.29 is 14.8 Å². The van der Waals surface area contributed by atoms with Gasteiger partial charge in [0.15, 0.2) is 0 Å². The number of aromatic nitrogens is 1. The molecule has 0 fully saturated rings. The average Bonchev–Trinajstić information content (AvgIpc) is 2.19. The van der Waals surface area contributed by atoms with Gasteiger partial charge in [0, 0.05) is 11.8 Å². The number of hydrogen-bond donors (Lipinski definition) is 1. The van der Waals surface area contributed by atoms with Crippen LogP contribution in [-0.4, -0.2) is 26.7 Å². The maximum absolute atomic E-state index is 10.4. The molecular weight excluding hydrogens is 232 g/mol. The number of nitro groups is 1. The number of aliphatic carboxylic acids is 1. The molecule has 0 aromatic carbocycles. The van der Waals surface area contributed by atoms with Crippen LogP contribution in [-0.2, 0) is 4.79 Å². The number of aryl methyl sites for hydroxylation is 1. The second-order valence-electron chi connectivity index (χ2n) is 3.06. The largest absolute Gasteiger partial charge is 0.481 e. The topological polar surface area (TPSA) is 93.3 Å². The van der Waals surface area contributed by atoms with Gasteiger partial charge in [-0.25, -0.2) is 4.98 Å². The third kappa shape index (κ3) is 3.50. The lowest BCUT2D eigenvalue weighted by molar-refractivity contribution is -0.385. The van der Waals surface area contributed by atoms with Gasteiger partial charge in [-0.05, 0) is 12.5 Å². The standard InChI is InChI=1S/C9H10N2O4S/c1-6-4-7(11(14)15)5-10-9(6)16-3-2-8(12)13/h4-5H,2-3H2,1H3,(H,12,13). The van der Waals surface area contributed by atoms with Crippen LogP contribution < -0.4 is 0 Å². The Morgan fingerprint density at radius 1 is 1.69 bits per heavy atom. The molecule has 0 aliphatic heterocycles. The van der Waals surface area contributed by atoms with Gasteiger partial charge >= 0.3 is 5.97 Å². The number of nitrogens with zero attached hydrogens (tertiary/aromatic N) is 2. The molecule has 1 rings (SSSR count). The summed E-state index contributed by atoms with van der Waals surface area (Å²) in [4.78, 5) is 24.2. The van der Waals surface area contributed by atoms with Gasteiger partial charge in [-0.2, -0.15) is 0 Å². The summed E-state index contributed by atoms with van der Waals surface area (Å²) >= 11 is 1.28. The Morgan fingerprint density at radius 2 is 2.38 bits per heavy atom. The first-order chi connectivity index (χ1) is 7.50. The Balaban J connectivity index is 2.68. The van der Waals surface area contributed by atoms with E-state index in [0.29, 0.717) is 16.3 Å². The lowest BCUT2D eigenvalue weighted by atomic mass is 10.3. The zero-order valence-corrected chi connectivity index (χ0v) is 9.36. The summed E-state index contributed by atoms with van der Waals surface area (Å²) in [6.07, 6.45) is 1.22. The van der Waals surface area contributed by atoms with Gasteiger partial charge in [0.05, 0.1) is 16.4 Å². The molecule has 0 aliphatic rings. The molecule has 6 nitrogen and oxygen atoms in total. The SMILES string of the molecule is Cc1cc([N+](=O)[O-])cnc1SCCC(=O)O. The first-order valence-electron chi connectivity index (χ1n) is 4.46. The molecule has 0 aliphatic carbocycles. The van der Waals surface area contributed by atoms with Crippen molar-refractivity contribution in [2.75, 3.05) is 5.75 Å². The number of rotatable bonds is 5. The highest BCUT2D eigenvalue weighted by molar-refractivity contribution is 7.99. The summed E-state index contributed by atoms with van der Waals surface area (Å²) in [6.45, 7) is 1.71. The van der Waals surface area contributed by atoms with Crippen molar-refractivity contribution in [3.8, 4) is 0 Å². The first kappa shape index (κ1) is 12.4. The van der Waals surface area contributed by atoms with E-state index in [4.69, 9.17) is 5.11 Å². The van der Waals surface area contributed by atoms with Crippen molar-refractivity contribution in [3.05, 3.63) is 27.9 Å². The van der Waals surface area contributed by atoms with E-state index in [-0.39, 0.29) is 12.1 Å². The third-order valence-electron chi connectivity index (χ3n) is 1.78. The molecule has 0 saturated carbocycles. The summed E-state index contributed by atoms with van der Waals surface area (Å²) in [7, 11) is 0. The molecule has 0 saturated heterocycles. The lowest BCUT2D eigenvalue weighted by Crippen LogP contribution is -1.97. The molecule has 1 aromatic heterocycles. The summed E-state index contributed by atoms with van der Waals surface area (Å²) in [5, 5.41) is 19.5. The average molecular weight is 242 g/mol. The van der Waals surface area contributed by atoms with E-state index < -0.39 is 10.9 Å². The van der Waals surface area contributed by atoms with Crippen LogP contribution in [0.1, 0.15) is 12.0 Å². The lowest BCUT2D eigenvalue weighted by Gasteiger charge is -2.02.